The number of carbonyl (C=O) groups is 2. The molecule has 3 fully saturated rings. The Morgan fingerprint density at radius 1 is 1.26 bits per heavy atom. The van der Waals surface area contributed by atoms with Gasteiger partial charge in [-0.05, 0) is 56.6 Å². The highest BCUT2D eigenvalue weighted by Crippen LogP contribution is 2.71. The fourth-order valence-corrected chi connectivity index (χ4v) is 7.54. The molecule has 4 rings (SSSR count). The molecule has 4 aliphatic carbocycles. The van der Waals surface area contributed by atoms with Crippen molar-refractivity contribution >= 4 is 11.6 Å². The minimum atomic E-state index is -2.29. The summed E-state index contributed by atoms with van der Waals surface area (Å²) in [5, 5.41) is 31.5. The molecular formula is C22H27FN2O9. The lowest BCUT2D eigenvalue weighted by molar-refractivity contribution is -0.775. The standard InChI is InChI=1S/C22H27FN2O9/c1-12-8-16-15-5-4-13-9-14(26)6-7-19(13,2)21(15,23)18(34-25(31)32)10-20(16,3)22(12,28)17(27)11-33-24(29)30/h6-7,9,12,15-16,18,28H,4-5,8,10-11H2,1-3H3/t12-,15+,16+,18+,19+,20+,21+,22+/m1/s1. The van der Waals surface area contributed by atoms with Gasteiger partial charge in [0.05, 0.1) is 0 Å². The van der Waals surface area contributed by atoms with Crippen molar-refractivity contribution in [2.24, 2.45) is 28.6 Å². The summed E-state index contributed by atoms with van der Waals surface area (Å²) in [7, 11) is 0. The summed E-state index contributed by atoms with van der Waals surface area (Å²) in [6.45, 7) is 3.77. The van der Waals surface area contributed by atoms with E-state index in [1.165, 1.54) is 18.2 Å². The molecule has 0 aromatic heterocycles. The monoisotopic (exact) mass is 482 g/mol. The maximum atomic E-state index is 17.4. The third-order valence-corrected chi connectivity index (χ3v) is 9.14. The number of Topliss-reactive ketones (excluding diaryl/α,β-unsaturated/α-hetero) is 1. The molecule has 0 bridgehead atoms. The average Bonchev–Trinajstić information content (AvgIpc) is 2.94. The molecule has 0 unspecified atom stereocenters. The van der Waals surface area contributed by atoms with E-state index in [0.29, 0.717) is 12.0 Å². The first-order chi connectivity index (χ1) is 15.7. The summed E-state index contributed by atoms with van der Waals surface area (Å²) < 4.78 is 17.4. The minimum absolute atomic E-state index is 0.233. The smallest absolute Gasteiger partial charge is 0.294 e. The Kier molecular flexibility index (Phi) is 5.39. The van der Waals surface area contributed by atoms with E-state index in [2.05, 4.69) is 4.84 Å². The van der Waals surface area contributed by atoms with Crippen molar-refractivity contribution < 1.29 is 38.9 Å². The number of nitrogens with zero attached hydrogens (tertiary/aromatic N) is 2. The van der Waals surface area contributed by atoms with Crippen LogP contribution in [0, 0.1) is 48.8 Å². The first-order valence-electron chi connectivity index (χ1n) is 11.2. The van der Waals surface area contributed by atoms with Crippen molar-refractivity contribution in [3.8, 4) is 0 Å². The van der Waals surface area contributed by atoms with Gasteiger partial charge in [0.1, 0.15) is 11.7 Å². The van der Waals surface area contributed by atoms with E-state index < -0.39 is 68.5 Å². The number of aliphatic hydroxyl groups is 1. The van der Waals surface area contributed by atoms with Gasteiger partial charge in [-0.15, -0.1) is 20.2 Å². The van der Waals surface area contributed by atoms with Gasteiger partial charge in [0.2, 0.25) is 0 Å². The molecule has 0 heterocycles. The van der Waals surface area contributed by atoms with Crippen molar-refractivity contribution in [1.82, 2.24) is 0 Å². The van der Waals surface area contributed by atoms with Crippen LogP contribution < -0.4 is 0 Å². The second-order valence-electron chi connectivity index (χ2n) is 10.4. The molecule has 12 heteroatoms. The lowest BCUT2D eigenvalue weighted by Gasteiger charge is -2.62. The van der Waals surface area contributed by atoms with Gasteiger partial charge in [0.15, 0.2) is 23.8 Å². The SMILES string of the molecule is C[C@@H]1C[C@H]2[C@@H]3CCC4=CC(=O)C=C[C@]4(C)[C@@]3(F)[C@@H](O[N+](=O)[O-])C[C@]2(C)[C@@]1(O)C(=O)CO[N+](=O)[O-]. The molecule has 1 N–H and O–H groups in total. The number of alkyl halides is 1. The second-order valence-corrected chi connectivity index (χ2v) is 10.4. The number of carbonyl (C=O) groups excluding carboxylic acids is 2. The fraction of sp³-hybridized carbons (Fsp3) is 0.727. The van der Waals surface area contributed by atoms with E-state index in [1.54, 1.807) is 20.8 Å². The van der Waals surface area contributed by atoms with Crippen LogP contribution in [0.3, 0.4) is 0 Å². The van der Waals surface area contributed by atoms with Crippen LogP contribution in [0.4, 0.5) is 4.39 Å². The zero-order chi connectivity index (χ0) is 25.3. The van der Waals surface area contributed by atoms with E-state index >= 15 is 4.39 Å². The predicted octanol–water partition coefficient (Wildman–Crippen LogP) is 2.33. The van der Waals surface area contributed by atoms with Crippen LogP contribution in [0.5, 0.6) is 0 Å². The van der Waals surface area contributed by atoms with Gasteiger partial charge in [0.25, 0.3) is 10.2 Å². The van der Waals surface area contributed by atoms with Crippen LogP contribution in [0.2, 0.25) is 0 Å². The van der Waals surface area contributed by atoms with Crippen LogP contribution in [-0.2, 0) is 19.3 Å². The second kappa shape index (κ2) is 7.56. The fourth-order valence-electron chi connectivity index (χ4n) is 7.54. The molecule has 0 aromatic rings. The zero-order valence-corrected chi connectivity index (χ0v) is 19.1. The first-order valence-corrected chi connectivity index (χ1v) is 11.2. The molecule has 8 atom stereocenters. The number of hydrogen-bond donors (Lipinski definition) is 1. The number of rotatable bonds is 6. The summed E-state index contributed by atoms with van der Waals surface area (Å²) in [4.78, 5) is 56.2. The Balaban J connectivity index is 1.83. The van der Waals surface area contributed by atoms with E-state index in [0.717, 1.165) is 0 Å². The first kappa shape index (κ1) is 24.2. The van der Waals surface area contributed by atoms with E-state index in [1.807, 2.05) is 0 Å². The van der Waals surface area contributed by atoms with Crippen LogP contribution in [0.25, 0.3) is 0 Å². The van der Waals surface area contributed by atoms with E-state index in [9.17, 15) is 34.9 Å². The van der Waals surface area contributed by atoms with Crippen molar-refractivity contribution in [3.05, 3.63) is 44.0 Å². The normalized spacial score (nSPS) is 44.9. The molecule has 0 aromatic carbocycles. The van der Waals surface area contributed by atoms with Gasteiger partial charge in [-0.25, -0.2) is 4.39 Å². The highest BCUT2D eigenvalue weighted by molar-refractivity contribution is 6.01. The highest BCUT2D eigenvalue weighted by atomic mass is 19.1. The number of fused-ring (bicyclic) bond motifs is 5. The maximum Gasteiger partial charge on any atom is 0.294 e. The van der Waals surface area contributed by atoms with Crippen molar-refractivity contribution in [2.75, 3.05) is 6.61 Å². The highest BCUT2D eigenvalue weighted by Gasteiger charge is 2.76. The number of allylic oxidation sites excluding steroid dienone is 4. The van der Waals surface area contributed by atoms with Crippen molar-refractivity contribution in [3.63, 3.8) is 0 Å². The summed E-state index contributed by atoms with van der Waals surface area (Å²) in [6, 6.07) is 0. The third kappa shape index (κ3) is 2.96. The molecule has 186 valence electrons. The molecule has 0 radical (unpaired) electrons. The molecular weight excluding hydrogens is 455 g/mol. The Morgan fingerprint density at radius 3 is 2.56 bits per heavy atom. The number of hydrogen-bond acceptors (Lipinski definition) is 9. The van der Waals surface area contributed by atoms with Crippen LogP contribution in [-0.4, -0.2) is 50.8 Å². The maximum absolute atomic E-state index is 17.4. The third-order valence-electron chi connectivity index (χ3n) is 9.14. The molecule has 11 nitrogen and oxygen atoms in total. The summed E-state index contributed by atoms with van der Waals surface area (Å²) in [5.41, 5.74) is -6.62. The summed E-state index contributed by atoms with van der Waals surface area (Å²) in [6.07, 6.45) is 2.86. The van der Waals surface area contributed by atoms with Crippen molar-refractivity contribution in [1.29, 1.82) is 0 Å². The Hall–Kier alpha value is -2.89. The van der Waals surface area contributed by atoms with Gasteiger partial charge in [-0.2, -0.15) is 0 Å². The van der Waals surface area contributed by atoms with E-state index in [-0.39, 0.29) is 25.0 Å². The Bertz CT molecular complexity index is 1030. The molecule has 0 aliphatic heterocycles. The summed E-state index contributed by atoms with van der Waals surface area (Å²) in [5.74, 6) is -3.34. The largest absolute Gasteiger partial charge is 0.381 e. The minimum Gasteiger partial charge on any atom is -0.381 e. The van der Waals surface area contributed by atoms with Crippen LogP contribution in [0.1, 0.15) is 46.5 Å². The van der Waals surface area contributed by atoms with Crippen LogP contribution >= 0.6 is 0 Å². The predicted molar refractivity (Wildman–Crippen MR) is 112 cm³/mol. The topological polar surface area (TPSA) is 159 Å². The Labute approximate surface area is 194 Å². The van der Waals surface area contributed by atoms with Gasteiger partial charge < -0.3 is 14.8 Å². The zero-order valence-electron chi connectivity index (χ0n) is 19.1. The van der Waals surface area contributed by atoms with Gasteiger partial charge in [0, 0.05) is 16.7 Å². The lowest BCUT2D eigenvalue weighted by atomic mass is 9.44. The quantitative estimate of drug-likeness (QED) is 0.443. The number of ketones is 2. The van der Waals surface area contributed by atoms with Crippen molar-refractivity contribution in [2.45, 2.75) is 63.8 Å². The molecule has 3 saturated carbocycles. The van der Waals surface area contributed by atoms with Gasteiger partial charge in [-0.1, -0.05) is 25.5 Å². The molecule has 0 spiro atoms. The molecule has 4 aliphatic rings. The number of halogens is 1. The molecule has 0 amide bonds. The molecule has 34 heavy (non-hydrogen) atoms. The molecule has 0 saturated heterocycles. The van der Waals surface area contributed by atoms with Gasteiger partial charge in [-0.3, -0.25) is 9.59 Å². The van der Waals surface area contributed by atoms with Crippen LogP contribution in [0.15, 0.2) is 23.8 Å². The average molecular weight is 482 g/mol. The lowest BCUT2D eigenvalue weighted by Crippen LogP contribution is -2.70. The Morgan fingerprint density at radius 2 is 1.94 bits per heavy atom. The van der Waals surface area contributed by atoms with Gasteiger partial charge >= 0.3 is 0 Å². The summed E-state index contributed by atoms with van der Waals surface area (Å²) >= 11 is 0. The van der Waals surface area contributed by atoms with E-state index in [4.69, 9.17) is 4.84 Å².